The maximum Gasteiger partial charge on any atom is 0.252 e. The molecule has 6 nitrogen and oxygen atoms in total. The molecule has 9 heteroatoms. The van der Waals surface area contributed by atoms with Gasteiger partial charge in [0.2, 0.25) is 0 Å². The minimum atomic E-state index is -3.33. The van der Waals surface area contributed by atoms with Gasteiger partial charge in [-0.2, -0.15) is 4.31 Å². The zero-order chi connectivity index (χ0) is 20.9. The number of piperidine rings is 1. The minimum Gasteiger partial charge on any atom is -0.363 e. The van der Waals surface area contributed by atoms with E-state index in [1.54, 1.807) is 16.4 Å². The monoisotopic (exact) mass is 458 g/mol. The standard InChI is InChI=1S/C20H34N4O2S3/c1-3-22(4-2)12-6-11-21-19(27)23-13-8-20(17-23)9-14-24(15-10-20)29(25,26)18-7-5-16-28-18/h5,7,16H,3-4,6,8-15,17H2,1-2H3,(H,21,27). The van der Waals surface area contributed by atoms with Crippen LogP contribution in [0.1, 0.15) is 39.5 Å². The highest BCUT2D eigenvalue weighted by Crippen LogP contribution is 2.41. The first-order valence-corrected chi connectivity index (χ1v) is 13.4. The molecule has 1 aromatic rings. The molecule has 3 heterocycles. The summed E-state index contributed by atoms with van der Waals surface area (Å²) in [4.78, 5) is 4.71. The smallest absolute Gasteiger partial charge is 0.252 e. The van der Waals surface area contributed by atoms with E-state index in [9.17, 15) is 8.42 Å². The molecule has 0 atom stereocenters. The Morgan fingerprint density at radius 1 is 1.24 bits per heavy atom. The topological polar surface area (TPSA) is 55.9 Å². The van der Waals surface area contributed by atoms with Crippen molar-refractivity contribution in [2.75, 3.05) is 52.4 Å². The van der Waals surface area contributed by atoms with Crippen molar-refractivity contribution in [2.45, 2.75) is 43.7 Å². The van der Waals surface area contributed by atoms with Gasteiger partial charge in [0.1, 0.15) is 4.21 Å². The molecule has 1 aromatic heterocycles. The number of thiophene rings is 1. The number of likely N-dealkylation sites (tertiary alicyclic amines) is 1. The summed E-state index contributed by atoms with van der Waals surface area (Å²) in [6, 6.07) is 3.50. The maximum atomic E-state index is 12.8. The summed E-state index contributed by atoms with van der Waals surface area (Å²) in [6.07, 6.45) is 4.02. The van der Waals surface area contributed by atoms with Crippen molar-refractivity contribution in [1.82, 2.24) is 19.4 Å². The van der Waals surface area contributed by atoms with Crippen LogP contribution in [-0.4, -0.2) is 80.0 Å². The van der Waals surface area contributed by atoms with E-state index in [1.807, 2.05) is 5.38 Å². The van der Waals surface area contributed by atoms with Crippen molar-refractivity contribution in [3.05, 3.63) is 17.5 Å². The van der Waals surface area contributed by atoms with Crippen LogP contribution in [0.4, 0.5) is 0 Å². The fourth-order valence-electron chi connectivity index (χ4n) is 4.40. The van der Waals surface area contributed by atoms with Gasteiger partial charge in [-0.15, -0.1) is 11.3 Å². The Morgan fingerprint density at radius 3 is 2.55 bits per heavy atom. The third-order valence-electron chi connectivity index (χ3n) is 6.42. The van der Waals surface area contributed by atoms with Crippen LogP contribution in [-0.2, 0) is 10.0 Å². The molecule has 2 aliphatic rings. The van der Waals surface area contributed by atoms with Crippen LogP contribution >= 0.6 is 23.6 Å². The molecule has 0 saturated carbocycles. The second-order valence-electron chi connectivity index (χ2n) is 8.12. The highest BCUT2D eigenvalue weighted by atomic mass is 32.2. The Labute approximate surface area is 185 Å². The zero-order valence-electron chi connectivity index (χ0n) is 17.6. The van der Waals surface area contributed by atoms with E-state index in [-0.39, 0.29) is 5.41 Å². The van der Waals surface area contributed by atoms with Gasteiger partial charge in [-0.05, 0) is 74.4 Å². The molecular formula is C20H34N4O2S3. The average molecular weight is 459 g/mol. The molecule has 0 unspecified atom stereocenters. The van der Waals surface area contributed by atoms with E-state index >= 15 is 0 Å². The lowest BCUT2D eigenvalue weighted by molar-refractivity contribution is 0.166. The number of hydrogen-bond donors (Lipinski definition) is 1. The molecule has 0 radical (unpaired) electrons. The van der Waals surface area contributed by atoms with Crippen LogP contribution in [0.25, 0.3) is 0 Å². The zero-order valence-corrected chi connectivity index (χ0v) is 20.0. The molecule has 2 fully saturated rings. The number of nitrogens with zero attached hydrogens (tertiary/aromatic N) is 3. The molecule has 1 spiro atoms. The van der Waals surface area contributed by atoms with Gasteiger partial charge in [-0.3, -0.25) is 0 Å². The Morgan fingerprint density at radius 2 is 1.93 bits per heavy atom. The third kappa shape index (κ3) is 5.50. The van der Waals surface area contributed by atoms with Crippen LogP contribution in [0.15, 0.2) is 21.7 Å². The normalized spacial score (nSPS) is 19.9. The van der Waals surface area contributed by atoms with Gasteiger partial charge in [-0.25, -0.2) is 8.42 Å². The second kappa shape index (κ2) is 10.0. The quantitative estimate of drug-likeness (QED) is 0.478. The number of thiocarbonyl (C=S) groups is 1. The Kier molecular flexibility index (Phi) is 7.94. The van der Waals surface area contributed by atoms with Gasteiger partial charge >= 0.3 is 0 Å². The van der Waals surface area contributed by atoms with Crippen molar-refractivity contribution in [1.29, 1.82) is 0 Å². The van der Waals surface area contributed by atoms with Gasteiger partial charge in [0, 0.05) is 32.7 Å². The van der Waals surface area contributed by atoms with Crippen molar-refractivity contribution in [2.24, 2.45) is 5.41 Å². The van der Waals surface area contributed by atoms with E-state index in [2.05, 4.69) is 29.0 Å². The summed E-state index contributed by atoms with van der Waals surface area (Å²) in [5, 5.41) is 6.11. The third-order valence-corrected chi connectivity index (χ3v) is 10.1. The van der Waals surface area contributed by atoms with E-state index in [0.29, 0.717) is 17.3 Å². The Balaban J connectivity index is 1.44. The molecule has 164 valence electrons. The fourth-order valence-corrected chi connectivity index (χ4v) is 7.25. The first-order chi connectivity index (χ1) is 13.9. The van der Waals surface area contributed by atoms with Gasteiger partial charge in [0.15, 0.2) is 5.11 Å². The molecule has 0 aliphatic carbocycles. The summed E-state index contributed by atoms with van der Waals surface area (Å²) < 4.78 is 27.6. The minimum absolute atomic E-state index is 0.203. The molecule has 29 heavy (non-hydrogen) atoms. The van der Waals surface area contributed by atoms with Crippen molar-refractivity contribution >= 4 is 38.7 Å². The van der Waals surface area contributed by atoms with Gasteiger partial charge in [0.25, 0.3) is 10.0 Å². The highest BCUT2D eigenvalue weighted by Gasteiger charge is 2.43. The van der Waals surface area contributed by atoms with E-state index < -0.39 is 10.0 Å². The SMILES string of the molecule is CCN(CC)CCCNC(=S)N1CCC2(CCN(S(=O)(=O)c3cccs3)CC2)C1. The molecular weight excluding hydrogens is 424 g/mol. The fraction of sp³-hybridized carbons (Fsp3) is 0.750. The lowest BCUT2D eigenvalue weighted by atomic mass is 9.78. The second-order valence-corrected chi connectivity index (χ2v) is 11.6. The number of sulfonamides is 1. The summed E-state index contributed by atoms with van der Waals surface area (Å²) in [5.41, 5.74) is 0.203. The summed E-state index contributed by atoms with van der Waals surface area (Å²) >= 11 is 6.93. The summed E-state index contributed by atoms with van der Waals surface area (Å²) in [5.74, 6) is 0. The van der Waals surface area contributed by atoms with Crippen LogP contribution < -0.4 is 5.32 Å². The van der Waals surface area contributed by atoms with Gasteiger partial charge in [-0.1, -0.05) is 19.9 Å². The lowest BCUT2D eigenvalue weighted by Gasteiger charge is -2.38. The summed E-state index contributed by atoms with van der Waals surface area (Å²) in [7, 11) is -3.33. The van der Waals surface area contributed by atoms with Gasteiger partial charge in [0.05, 0.1) is 0 Å². The van der Waals surface area contributed by atoms with Crippen LogP contribution in [0.3, 0.4) is 0 Å². The molecule has 1 N–H and O–H groups in total. The van der Waals surface area contributed by atoms with E-state index in [0.717, 1.165) is 70.1 Å². The molecule has 3 rings (SSSR count). The molecule has 2 saturated heterocycles. The van der Waals surface area contributed by atoms with Crippen molar-refractivity contribution in [3.63, 3.8) is 0 Å². The van der Waals surface area contributed by atoms with E-state index in [4.69, 9.17) is 12.2 Å². The predicted octanol–water partition coefficient (Wildman–Crippen LogP) is 2.83. The Bertz CT molecular complexity index is 755. The maximum absolute atomic E-state index is 12.8. The highest BCUT2D eigenvalue weighted by molar-refractivity contribution is 7.91. The first-order valence-electron chi connectivity index (χ1n) is 10.7. The average Bonchev–Trinajstić information content (AvgIpc) is 3.40. The Hall–Kier alpha value is -0.740. The van der Waals surface area contributed by atoms with Crippen molar-refractivity contribution in [3.8, 4) is 0 Å². The van der Waals surface area contributed by atoms with Gasteiger partial charge < -0.3 is 15.1 Å². The van der Waals surface area contributed by atoms with Crippen LogP contribution in [0, 0.1) is 5.41 Å². The molecule has 0 aromatic carbocycles. The van der Waals surface area contributed by atoms with Crippen LogP contribution in [0.2, 0.25) is 0 Å². The summed E-state index contributed by atoms with van der Waals surface area (Å²) in [6.45, 7) is 11.7. The number of rotatable bonds is 8. The number of hydrogen-bond acceptors (Lipinski definition) is 5. The van der Waals surface area contributed by atoms with Crippen molar-refractivity contribution < 1.29 is 8.42 Å². The molecule has 0 bridgehead atoms. The van der Waals surface area contributed by atoms with Crippen LogP contribution in [0.5, 0.6) is 0 Å². The predicted molar refractivity (Wildman–Crippen MR) is 124 cm³/mol. The molecule has 0 amide bonds. The largest absolute Gasteiger partial charge is 0.363 e. The molecule has 2 aliphatic heterocycles. The number of nitrogens with one attached hydrogen (secondary N) is 1. The lowest BCUT2D eigenvalue weighted by Crippen LogP contribution is -2.45. The van der Waals surface area contributed by atoms with E-state index in [1.165, 1.54) is 11.3 Å². The first kappa shape index (κ1) is 22.9.